The van der Waals surface area contributed by atoms with Crippen LogP contribution in [0.5, 0.6) is 0 Å². The zero-order valence-corrected chi connectivity index (χ0v) is 10.8. The minimum atomic E-state index is -0.122. The van der Waals surface area contributed by atoms with Crippen LogP contribution in [0, 0.1) is 0 Å². The van der Waals surface area contributed by atoms with Crippen LogP contribution in [0.3, 0.4) is 0 Å². The maximum atomic E-state index is 12.1. The van der Waals surface area contributed by atoms with Crippen molar-refractivity contribution in [1.82, 2.24) is 10.3 Å². The maximum Gasteiger partial charge on any atom is 0.251 e. The van der Waals surface area contributed by atoms with Gasteiger partial charge in [-0.15, -0.1) is 0 Å². The number of aromatic nitrogens is 1. The van der Waals surface area contributed by atoms with Crippen molar-refractivity contribution in [3.8, 4) is 0 Å². The van der Waals surface area contributed by atoms with Crippen LogP contribution in [0.15, 0.2) is 48.7 Å². The number of nitrogens with one attached hydrogen (secondary N) is 1. The fraction of sp³-hybridized carbons (Fsp3) is 0.200. The lowest BCUT2D eigenvalue weighted by Gasteiger charge is -2.13. The Labute approximate surface area is 112 Å². The van der Waals surface area contributed by atoms with Gasteiger partial charge in [-0.05, 0) is 36.8 Å². The fourth-order valence-electron chi connectivity index (χ4n) is 1.78. The van der Waals surface area contributed by atoms with Crippen LogP contribution in [0.25, 0.3) is 0 Å². The molecule has 1 amide bonds. The normalized spacial score (nSPS) is 11.9. The molecule has 0 saturated heterocycles. The van der Waals surface area contributed by atoms with Crippen LogP contribution in [-0.2, 0) is 6.54 Å². The highest BCUT2D eigenvalue weighted by Gasteiger charge is 2.11. The summed E-state index contributed by atoms with van der Waals surface area (Å²) in [6.45, 7) is 2.39. The van der Waals surface area contributed by atoms with Crippen molar-refractivity contribution in [1.29, 1.82) is 0 Å². The molecule has 19 heavy (non-hydrogen) atoms. The van der Waals surface area contributed by atoms with Crippen molar-refractivity contribution in [2.45, 2.75) is 19.5 Å². The minimum Gasteiger partial charge on any atom is -0.344 e. The number of amides is 1. The first kappa shape index (κ1) is 13.2. The average molecular weight is 255 g/mol. The summed E-state index contributed by atoms with van der Waals surface area (Å²) in [5.41, 5.74) is 8.00. The molecule has 1 aromatic carbocycles. The van der Waals surface area contributed by atoms with E-state index in [0.717, 1.165) is 11.3 Å². The lowest BCUT2D eigenvalue weighted by Crippen LogP contribution is -2.27. The van der Waals surface area contributed by atoms with Gasteiger partial charge < -0.3 is 11.1 Å². The molecule has 0 saturated carbocycles. The third-order valence-corrected chi connectivity index (χ3v) is 2.93. The van der Waals surface area contributed by atoms with Gasteiger partial charge in [-0.3, -0.25) is 9.78 Å². The molecule has 98 valence electrons. The number of hydrogen-bond acceptors (Lipinski definition) is 3. The Hall–Kier alpha value is -2.20. The Morgan fingerprint density at radius 3 is 2.58 bits per heavy atom. The van der Waals surface area contributed by atoms with Gasteiger partial charge >= 0.3 is 0 Å². The number of carbonyl (C=O) groups is 1. The number of benzene rings is 1. The van der Waals surface area contributed by atoms with E-state index in [4.69, 9.17) is 5.73 Å². The van der Waals surface area contributed by atoms with Crippen LogP contribution in [0.4, 0.5) is 0 Å². The van der Waals surface area contributed by atoms with Gasteiger partial charge in [0.1, 0.15) is 0 Å². The SMILES string of the molecule is C[C@@H](NC(=O)c1ccc(CN)cc1)c1ccccn1. The molecule has 0 spiro atoms. The van der Waals surface area contributed by atoms with E-state index < -0.39 is 0 Å². The van der Waals surface area contributed by atoms with Crippen molar-refractivity contribution in [2.75, 3.05) is 0 Å². The molecule has 0 fully saturated rings. The number of carbonyl (C=O) groups excluding carboxylic acids is 1. The standard InChI is InChI=1S/C15H17N3O/c1-11(14-4-2-3-9-17-14)18-15(19)13-7-5-12(10-16)6-8-13/h2-9,11H,10,16H2,1H3,(H,18,19)/t11-/m1/s1. The fourth-order valence-corrected chi connectivity index (χ4v) is 1.78. The lowest BCUT2D eigenvalue weighted by atomic mass is 10.1. The second kappa shape index (κ2) is 6.11. The van der Waals surface area contributed by atoms with Crippen LogP contribution >= 0.6 is 0 Å². The zero-order chi connectivity index (χ0) is 13.7. The summed E-state index contributed by atoms with van der Waals surface area (Å²) in [5, 5.41) is 2.92. The van der Waals surface area contributed by atoms with E-state index in [-0.39, 0.29) is 11.9 Å². The van der Waals surface area contributed by atoms with Crippen molar-refractivity contribution in [3.63, 3.8) is 0 Å². The molecule has 3 N–H and O–H groups in total. The highest BCUT2D eigenvalue weighted by atomic mass is 16.1. The van der Waals surface area contributed by atoms with Crippen LogP contribution < -0.4 is 11.1 Å². The van der Waals surface area contributed by atoms with Crippen LogP contribution in [0.1, 0.15) is 34.6 Å². The largest absolute Gasteiger partial charge is 0.344 e. The van der Waals surface area contributed by atoms with Gasteiger partial charge in [-0.2, -0.15) is 0 Å². The molecule has 0 aliphatic heterocycles. The molecule has 0 bridgehead atoms. The molecule has 1 atom stereocenters. The molecule has 4 nitrogen and oxygen atoms in total. The number of nitrogens with two attached hydrogens (primary N) is 1. The monoisotopic (exact) mass is 255 g/mol. The van der Waals surface area contributed by atoms with Crippen molar-refractivity contribution >= 4 is 5.91 Å². The van der Waals surface area contributed by atoms with Gasteiger partial charge in [-0.1, -0.05) is 18.2 Å². The Kier molecular flexibility index (Phi) is 4.26. The quantitative estimate of drug-likeness (QED) is 0.878. The van der Waals surface area contributed by atoms with Gasteiger partial charge in [0.15, 0.2) is 0 Å². The Balaban J connectivity index is 2.04. The highest BCUT2D eigenvalue weighted by Crippen LogP contribution is 2.10. The number of pyridine rings is 1. The Morgan fingerprint density at radius 2 is 2.00 bits per heavy atom. The maximum absolute atomic E-state index is 12.1. The molecule has 1 aromatic heterocycles. The number of hydrogen-bond donors (Lipinski definition) is 2. The van der Waals surface area contributed by atoms with E-state index in [1.54, 1.807) is 18.3 Å². The predicted octanol–water partition coefficient (Wildman–Crippen LogP) is 2.03. The topological polar surface area (TPSA) is 68.0 Å². The van der Waals surface area contributed by atoms with E-state index in [9.17, 15) is 4.79 Å². The molecule has 2 rings (SSSR count). The summed E-state index contributed by atoms with van der Waals surface area (Å²) in [6, 6.07) is 12.8. The van der Waals surface area contributed by atoms with E-state index in [1.807, 2.05) is 37.3 Å². The highest BCUT2D eigenvalue weighted by molar-refractivity contribution is 5.94. The molecular formula is C15H17N3O. The van der Waals surface area contributed by atoms with Gasteiger partial charge in [0.25, 0.3) is 5.91 Å². The summed E-state index contributed by atoms with van der Waals surface area (Å²) in [4.78, 5) is 16.3. The second-order valence-corrected chi connectivity index (χ2v) is 4.35. The number of nitrogens with zero attached hydrogens (tertiary/aromatic N) is 1. The van der Waals surface area contributed by atoms with Crippen molar-refractivity contribution in [3.05, 3.63) is 65.5 Å². The first-order valence-corrected chi connectivity index (χ1v) is 6.21. The van der Waals surface area contributed by atoms with E-state index >= 15 is 0 Å². The summed E-state index contributed by atoms with van der Waals surface area (Å²) in [5.74, 6) is -0.110. The Bertz CT molecular complexity index is 537. The van der Waals surface area contributed by atoms with E-state index in [2.05, 4.69) is 10.3 Å². The van der Waals surface area contributed by atoms with Crippen molar-refractivity contribution < 1.29 is 4.79 Å². The van der Waals surface area contributed by atoms with Gasteiger partial charge in [0.2, 0.25) is 0 Å². The predicted molar refractivity (Wildman–Crippen MR) is 74.5 cm³/mol. The third-order valence-electron chi connectivity index (χ3n) is 2.93. The molecule has 0 unspecified atom stereocenters. The van der Waals surface area contributed by atoms with Crippen LogP contribution in [0.2, 0.25) is 0 Å². The third kappa shape index (κ3) is 3.39. The first-order valence-electron chi connectivity index (χ1n) is 6.21. The zero-order valence-electron chi connectivity index (χ0n) is 10.8. The summed E-state index contributed by atoms with van der Waals surface area (Å²) >= 11 is 0. The van der Waals surface area contributed by atoms with Gasteiger partial charge in [-0.25, -0.2) is 0 Å². The molecule has 0 aliphatic rings. The van der Waals surface area contributed by atoms with Gasteiger partial charge in [0, 0.05) is 18.3 Å². The molecule has 4 heteroatoms. The smallest absolute Gasteiger partial charge is 0.251 e. The minimum absolute atomic E-state index is 0.110. The second-order valence-electron chi connectivity index (χ2n) is 4.35. The Morgan fingerprint density at radius 1 is 1.26 bits per heavy atom. The van der Waals surface area contributed by atoms with Crippen molar-refractivity contribution in [2.24, 2.45) is 5.73 Å². The van der Waals surface area contributed by atoms with Gasteiger partial charge in [0.05, 0.1) is 11.7 Å². The van der Waals surface area contributed by atoms with Crippen LogP contribution in [-0.4, -0.2) is 10.9 Å². The molecule has 0 aliphatic carbocycles. The molecule has 0 radical (unpaired) electrons. The lowest BCUT2D eigenvalue weighted by molar-refractivity contribution is 0.0939. The summed E-state index contributed by atoms with van der Waals surface area (Å²) < 4.78 is 0. The molecule has 2 aromatic rings. The summed E-state index contributed by atoms with van der Waals surface area (Å²) in [7, 11) is 0. The average Bonchev–Trinajstić information content (AvgIpc) is 2.48. The molecule has 1 heterocycles. The summed E-state index contributed by atoms with van der Waals surface area (Å²) in [6.07, 6.45) is 1.72. The van der Waals surface area contributed by atoms with E-state index in [0.29, 0.717) is 12.1 Å². The molecular weight excluding hydrogens is 238 g/mol. The number of rotatable bonds is 4. The first-order chi connectivity index (χ1) is 9.20. The van der Waals surface area contributed by atoms with E-state index in [1.165, 1.54) is 0 Å².